The molecule has 2 aromatic carbocycles. The van der Waals surface area contributed by atoms with Crippen molar-refractivity contribution in [2.75, 3.05) is 19.6 Å². The molecule has 0 radical (unpaired) electrons. The first-order valence-corrected chi connectivity index (χ1v) is 11.7. The van der Waals surface area contributed by atoms with Crippen molar-refractivity contribution in [1.29, 1.82) is 0 Å². The number of hydrogen-bond donors (Lipinski definition) is 0. The number of hydrogen-bond acceptors (Lipinski definition) is 3. The first-order valence-electron chi connectivity index (χ1n) is 10.2. The normalized spacial score (nSPS) is 16.0. The summed E-state index contributed by atoms with van der Waals surface area (Å²) >= 11 is 0. The molecule has 0 aromatic heterocycles. The van der Waals surface area contributed by atoms with Crippen molar-refractivity contribution in [1.82, 2.24) is 9.21 Å². The number of carbonyl (C=O) groups excluding carboxylic acids is 1. The fourth-order valence-corrected chi connectivity index (χ4v) is 5.65. The van der Waals surface area contributed by atoms with E-state index in [9.17, 15) is 13.2 Å². The molecule has 2 aromatic rings. The van der Waals surface area contributed by atoms with Crippen LogP contribution in [0.15, 0.2) is 53.4 Å². The molecule has 156 valence electrons. The molecule has 1 aliphatic heterocycles. The third-order valence-electron chi connectivity index (χ3n) is 5.66. The molecule has 5 nitrogen and oxygen atoms in total. The number of amides is 1. The van der Waals surface area contributed by atoms with E-state index in [1.807, 2.05) is 68.1 Å². The third-order valence-corrected chi connectivity index (χ3v) is 7.72. The van der Waals surface area contributed by atoms with Gasteiger partial charge in [-0.25, -0.2) is 8.42 Å². The number of sulfonamides is 1. The minimum Gasteiger partial charge on any atom is -0.338 e. The minimum absolute atomic E-state index is 0.121. The standard InChI is InChI=1S/C23H30N2O3S/c1-4-24(17-20-8-6-5-7-9-20)23(26)21-12-14-25(15-13-21)29(27,28)22-11-10-18(2)16-19(22)3/h5-11,16,21H,4,12-15,17H2,1-3H3. The molecule has 6 heteroatoms. The van der Waals surface area contributed by atoms with Crippen LogP contribution < -0.4 is 0 Å². The summed E-state index contributed by atoms with van der Waals surface area (Å²) in [7, 11) is -3.52. The van der Waals surface area contributed by atoms with Gasteiger partial charge >= 0.3 is 0 Å². The first kappa shape index (κ1) is 21.5. The van der Waals surface area contributed by atoms with E-state index in [0.717, 1.165) is 16.7 Å². The van der Waals surface area contributed by atoms with Gasteiger partial charge in [0, 0.05) is 32.1 Å². The Bertz CT molecular complexity index is 949. The van der Waals surface area contributed by atoms with Crippen LogP contribution in [0.3, 0.4) is 0 Å². The average Bonchev–Trinajstić information content (AvgIpc) is 2.72. The SMILES string of the molecule is CCN(Cc1ccccc1)C(=O)C1CCN(S(=O)(=O)c2ccc(C)cc2C)CC1. The maximum atomic E-state index is 13.1. The molecule has 29 heavy (non-hydrogen) atoms. The number of aryl methyl sites for hydroxylation is 2. The van der Waals surface area contributed by atoms with Crippen molar-refractivity contribution in [2.24, 2.45) is 5.92 Å². The molecule has 1 fully saturated rings. The van der Waals surface area contributed by atoms with Gasteiger partial charge in [-0.15, -0.1) is 0 Å². The van der Waals surface area contributed by atoms with Crippen molar-refractivity contribution < 1.29 is 13.2 Å². The minimum atomic E-state index is -3.52. The van der Waals surface area contributed by atoms with E-state index in [4.69, 9.17) is 0 Å². The lowest BCUT2D eigenvalue weighted by Crippen LogP contribution is -2.44. The van der Waals surface area contributed by atoms with Crippen LogP contribution in [0.25, 0.3) is 0 Å². The second-order valence-corrected chi connectivity index (χ2v) is 9.69. The number of benzene rings is 2. The Balaban J connectivity index is 1.65. The fraction of sp³-hybridized carbons (Fsp3) is 0.435. The van der Waals surface area contributed by atoms with Crippen molar-refractivity contribution >= 4 is 15.9 Å². The average molecular weight is 415 g/mol. The van der Waals surface area contributed by atoms with Gasteiger partial charge in [0.05, 0.1) is 4.90 Å². The van der Waals surface area contributed by atoms with Gasteiger partial charge in [-0.05, 0) is 50.8 Å². The van der Waals surface area contributed by atoms with Crippen LogP contribution >= 0.6 is 0 Å². The zero-order valence-electron chi connectivity index (χ0n) is 17.5. The molecule has 0 bridgehead atoms. The van der Waals surface area contributed by atoms with Crippen molar-refractivity contribution in [3.05, 3.63) is 65.2 Å². The monoisotopic (exact) mass is 414 g/mol. The molecule has 0 spiro atoms. The predicted octanol–water partition coefficient (Wildman–Crippen LogP) is 3.75. The first-order chi connectivity index (χ1) is 13.8. The summed E-state index contributed by atoms with van der Waals surface area (Å²) in [5.41, 5.74) is 2.92. The van der Waals surface area contributed by atoms with Gasteiger partial charge in [-0.2, -0.15) is 4.31 Å². The summed E-state index contributed by atoms with van der Waals surface area (Å²) in [4.78, 5) is 15.2. The highest BCUT2D eigenvalue weighted by Gasteiger charge is 2.34. The Kier molecular flexibility index (Phi) is 6.75. The maximum absolute atomic E-state index is 13.1. The number of rotatable bonds is 6. The Labute approximate surface area is 174 Å². The van der Waals surface area contributed by atoms with Crippen LogP contribution in [0.5, 0.6) is 0 Å². The molecular weight excluding hydrogens is 384 g/mol. The van der Waals surface area contributed by atoms with E-state index < -0.39 is 10.0 Å². The second-order valence-electron chi connectivity index (χ2n) is 7.79. The van der Waals surface area contributed by atoms with Crippen LogP contribution in [-0.4, -0.2) is 43.2 Å². The molecule has 1 aliphatic rings. The van der Waals surface area contributed by atoms with E-state index in [1.165, 1.54) is 4.31 Å². The highest BCUT2D eigenvalue weighted by Crippen LogP contribution is 2.27. The summed E-state index contributed by atoms with van der Waals surface area (Å²) in [5, 5.41) is 0. The molecule has 1 saturated heterocycles. The number of nitrogens with zero attached hydrogens (tertiary/aromatic N) is 2. The van der Waals surface area contributed by atoms with Gasteiger partial charge in [-0.1, -0.05) is 48.0 Å². The van der Waals surface area contributed by atoms with Gasteiger partial charge in [-0.3, -0.25) is 4.79 Å². The lowest BCUT2D eigenvalue weighted by molar-refractivity contribution is -0.137. The second kappa shape index (κ2) is 9.09. The summed E-state index contributed by atoms with van der Waals surface area (Å²) in [6.07, 6.45) is 1.13. The highest BCUT2D eigenvalue weighted by atomic mass is 32.2. The molecule has 0 atom stereocenters. The van der Waals surface area contributed by atoms with Gasteiger partial charge in [0.25, 0.3) is 0 Å². The van der Waals surface area contributed by atoms with Crippen molar-refractivity contribution in [3.63, 3.8) is 0 Å². The third kappa shape index (κ3) is 4.87. The van der Waals surface area contributed by atoms with Crippen LogP contribution in [0, 0.1) is 19.8 Å². The van der Waals surface area contributed by atoms with Crippen LogP contribution in [-0.2, 0) is 21.4 Å². The molecule has 0 aliphatic carbocycles. The Hall–Kier alpha value is -2.18. The molecule has 0 unspecified atom stereocenters. The van der Waals surface area contributed by atoms with Crippen molar-refractivity contribution in [2.45, 2.75) is 45.1 Å². The predicted molar refractivity (Wildman–Crippen MR) is 115 cm³/mol. The fourth-order valence-electron chi connectivity index (χ4n) is 3.98. The topological polar surface area (TPSA) is 57.7 Å². The largest absolute Gasteiger partial charge is 0.338 e. The lowest BCUT2D eigenvalue weighted by atomic mass is 9.96. The Morgan fingerprint density at radius 1 is 1.07 bits per heavy atom. The van der Waals surface area contributed by atoms with E-state index in [1.54, 1.807) is 6.07 Å². The number of carbonyl (C=O) groups is 1. The summed E-state index contributed by atoms with van der Waals surface area (Å²) in [5.74, 6) is 0.00384. The van der Waals surface area contributed by atoms with Gasteiger partial charge < -0.3 is 4.90 Å². The quantitative estimate of drug-likeness (QED) is 0.723. The van der Waals surface area contributed by atoms with Crippen molar-refractivity contribution in [3.8, 4) is 0 Å². The molecule has 1 amide bonds. The smallest absolute Gasteiger partial charge is 0.243 e. The van der Waals surface area contributed by atoms with E-state index >= 15 is 0 Å². The van der Waals surface area contributed by atoms with E-state index in [0.29, 0.717) is 43.9 Å². The zero-order valence-corrected chi connectivity index (χ0v) is 18.3. The van der Waals surface area contributed by atoms with Gasteiger partial charge in [0.1, 0.15) is 0 Å². The van der Waals surface area contributed by atoms with Gasteiger partial charge in [0.2, 0.25) is 15.9 Å². The summed E-state index contributed by atoms with van der Waals surface area (Å²) < 4.78 is 27.6. The van der Waals surface area contributed by atoms with Crippen LogP contribution in [0.4, 0.5) is 0 Å². The summed E-state index contributed by atoms with van der Waals surface area (Å²) in [6.45, 7) is 7.78. The Morgan fingerprint density at radius 2 is 1.72 bits per heavy atom. The zero-order chi connectivity index (χ0) is 21.0. The van der Waals surface area contributed by atoms with E-state index in [-0.39, 0.29) is 11.8 Å². The molecule has 0 saturated carbocycles. The van der Waals surface area contributed by atoms with Gasteiger partial charge in [0.15, 0.2) is 0 Å². The van der Waals surface area contributed by atoms with Crippen LogP contribution in [0.1, 0.15) is 36.5 Å². The van der Waals surface area contributed by atoms with Crippen LogP contribution in [0.2, 0.25) is 0 Å². The molecule has 1 heterocycles. The number of piperidine rings is 1. The molecule has 0 N–H and O–H groups in total. The summed E-state index contributed by atoms with van der Waals surface area (Å²) in [6, 6.07) is 15.4. The maximum Gasteiger partial charge on any atom is 0.243 e. The molecular formula is C23H30N2O3S. The van der Waals surface area contributed by atoms with E-state index in [2.05, 4.69) is 0 Å². The highest BCUT2D eigenvalue weighted by molar-refractivity contribution is 7.89. The Morgan fingerprint density at radius 3 is 2.31 bits per heavy atom. The lowest BCUT2D eigenvalue weighted by Gasteiger charge is -2.33. The molecule has 3 rings (SSSR count).